The van der Waals surface area contributed by atoms with Crippen LogP contribution in [0.1, 0.15) is 51.8 Å². The van der Waals surface area contributed by atoms with Crippen LogP contribution in [0.25, 0.3) is 39.3 Å². The summed E-state index contributed by atoms with van der Waals surface area (Å²) in [5, 5.41) is 18.1. The fourth-order valence-electron chi connectivity index (χ4n) is 5.64. The first-order chi connectivity index (χ1) is 18.9. The van der Waals surface area contributed by atoms with E-state index in [1.54, 1.807) is 17.6 Å². The quantitative estimate of drug-likeness (QED) is 0.308. The zero-order valence-electron chi connectivity index (χ0n) is 23.3. The molecule has 0 aliphatic heterocycles. The summed E-state index contributed by atoms with van der Waals surface area (Å²) in [6.45, 7) is 9.19. The van der Waals surface area contributed by atoms with Gasteiger partial charge in [-0.2, -0.15) is 9.61 Å². The molecule has 9 nitrogen and oxygen atoms in total. The largest absolute Gasteiger partial charge is 0.444 e. The lowest BCUT2D eigenvalue weighted by Crippen LogP contribution is -2.62. The van der Waals surface area contributed by atoms with Gasteiger partial charge in [-0.25, -0.2) is 19.7 Å². The zero-order chi connectivity index (χ0) is 28.3. The molecule has 0 saturated heterocycles. The van der Waals surface area contributed by atoms with E-state index in [4.69, 9.17) is 14.7 Å². The van der Waals surface area contributed by atoms with Crippen molar-refractivity contribution in [1.29, 1.82) is 0 Å². The topological polar surface area (TPSA) is 115 Å². The number of fused-ring (bicyclic) bond motifs is 3. The molecule has 0 radical (unpaired) electrons. The van der Waals surface area contributed by atoms with Gasteiger partial charge < -0.3 is 15.2 Å². The Morgan fingerprint density at radius 1 is 0.950 bits per heavy atom. The van der Waals surface area contributed by atoms with Gasteiger partial charge in [-0.3, -0.25) is 0 Å². The summed E-state index contributed by atoms with van der Waals surface area (Å²) in [7, 11) is 0. The summed E-state index contributed by atoms with van der Waals surface area (Å²) in [6.07, 6.45) is 1.96. The van der Waals surface area contributed by atoms with Crippen molar-refractivity contribution in [1.82, 2.24) is 29.9 Å². The van der Waals surface area contributed by atoms with Crippen LogP contribution >= 0.6 is 0 Å². The Morgan fingerprint density at radius 3 is 2.25 bits per heavy atom. The van der Waals surface area contributed by atoms with E-state index in [1.807, 2.05) is 88.4 Å². The van der Waals surface area contributed by atoms with Gasteiger partial charge in [0.1, 0.15) is 11.1 Å². The van der Waals surface area contributed by atoms with E-state index in [9.17, 15) is 9.90 Å². The molecule has 9 heteroatoms. The molecule has 0 atom stereocenters. The summed E-state index contributed by atoms with van der Waals surface area (Å²) in [5.74, 6) is 0. The second-order valence-electron chi connectivity index (χ2n) is 11.9. The monoisotopic (exact) mass is 536 g/mol. The minimum absolute atomic E-state index is 0.382. The van der Waals surface area contributed by atoms with Crippen molar-refractivity contribution in [2.45, 2.75) is 64.2 Å². The first kappa shape index (κ1) is 25.9. The fourth-order valence-corrected chi connectivity index (χ4v) is 5.64. The van der Waals surface area contributed by atoms with Gasteiger partial charge in [-0.05, 0) is 40.2 Å². The molecule has 3 heterocycles. The molecule has 0 unspecified atom stereocenters. The Bertz CT molecular complexity index is 1730. The number of amides is 1. The SMILES string of the molecule is Cc1nc2ccnn2c2nc(-c3ccc(C4(NC(=O)OC(C)(C)C)CC(C)(O)C4)cc3)c(-c3ccccc3)nc12. The van der Waals surface area contributed by atoms with Crippen molar-refractivity contribution in [3.05, 3.63) is 78.1 Å². The predicted molar refractivity (Wildman–Crippen MR) is 153 cm³/mol. The number of nitrogens with zero attached hydrogens (tertiary/aromatic N) is 5. The maximum Gasteiger partial charge on any atom is 0.408 e. The van der Waals surface area contributed by atoms with Crippen molar-refractivity contribution >= 4 is 22.9 Å². The van der Waals surface area contributed by atoms with Crippen molar-refractivity contribution in [3.63, 3.8) is 0 Å². The summed E-state index contributed by atoms with van der Waals surface area (Å²) in [4.78, 5) is 27.5. The molecule has 2 N–H and O–H groups in total. The Balaban J connectivity index is 1.45. The number of rotatable bonds is 4. The van der Waals surface area contributed by atoms with Gasteiger partial charge in [-0.15, -0.1) is 0 Å². The fraction of sp³-hybridized carbons (Fsp3) is 0.323. The third kappa shape index (κ3) is 4.66. The minimum Gasteiger partial charge on any atom is -0.444 e. The molecule has 1 fully saturated rings. The normalized spacial score (nSPS) is 20.9. The second-order valence-corrected chi connectivity index (χ2v) is 11.9. The molecular formula is C31H32N6O3. The Kier molecular flexibility index (Phi) is 5.88. The molecule has 6 rings (SSSR count). The summed E-state index contributed by atoms with van der Waals surface area (Å²) in [5.41, 5.74) is 4.71. The van der Waals surface area contributed by atoms with Crippen LogP contribution in [0.4, 0.5) is 4.79 Å². The highest BCUT2D eigenvalue weighted by molar-refractivity contribution is 5.86. The molecule has 1 aliphatic rings. The van der Waals surface area contributed by atoms with Crippen LogP contribution in [0.3, 0.4) is 0 Å². The maximum atomic E-state index is 12.7. The Morgan fingerprint density at radius 2 is 1.60 bits per heavy atom. The van der Waals surface area contributed by atoms with Gasteiger partial charge in [0.2, 0.25) is 0 Å². The predicted octanol–water partition coefficient (Wildman–Crippen LogP) is 5.58. The molecule has 0 bridgehead atoms. The summed E-state index contributed by atoms with van der Waals surface area (Å²) >= 11 is 0. The first-order valence-electron chi connectivity index (χ1n) is 13.4. The van der Waals surface area contributed by atoms with Gasteiger partial charge in [-0.1, -0.05) is 54.6 Å². The van der Waals surface area contributed by atoms with Crippen LogP contribution in [0, 0.1) is 6.92 Å². The average Bonchev–Trinajstić information content (AvgIpc) is 3.35. The van der Waals surface area contributed by atoms with E-state index >= 15 is 0 Å². The van der Waals surface area contributed by atoms with Crippen LogP contribution < -0.4 is 5.32 Å². The second kappa shape index (κ2) is 9.09. The van der Waals surface area contributed by atoms with Crippen molar-refractivity contribution in [3.8, 4) is 22.5 Å². The Labute approximate surface area is 232 Å². The van der Waals surface area contributed by atoms with Crippen molar-refractivity contribution in [2.75, 3.05) is 0 Å². The van der Waals surface area contributed by atoms with Crippen molar-refractivity contribution < 1.29 is 14.6 Å². The molecule has 3 aromatic heterocycles. The van der Waals surface area contributed by atoms with Crippen molar-refractivity contribution in [2.24, 2.45) is 0 Å². The number of aliphatic hydroxyl groups is 1. The number of ether oxygens (including phenoxy) is 1. The van der Waals surface area contributed by atoms with E-state index < -0.39 is 22.8 Å². The molecule has 1 aliphatic carbocycles. The number of benzene rings is 2. The lowest BCUT2D eigenvalue weighted by molar-refractivity contribution is -0.0892. The number of carbonyl (C=O) groups is 1. The van der Waals surface area contributed by atoms with E-state index in [2.05, 4.69) is 15.4 Å². The number of hydrogen-bond donors (Lipinski definition) is 2. The lowest BCUT2D eigenvalue weighted by Gasteiger charge is -2.52. The van der Waals surface area contributed by atoms with E-state index in [-0.39, 0.29) is 0 Å². The molecule has 40 heavy (non-hydrogen) atoms. The summed E-state index contributed by atoms with van der Waals surface area (Å²) in [6, 6.07) is 19.7. The number of alkyl carbamates (subject to hydrolysis) is 1. The smallest absolute Gasteiger partial charge is 0.408 e. The van der Waals surface area contributed by atoms with Gasteiger partial charge in [0.25, 0.3) is 0 Å². The minimum atomic E-state index is -0.876. The number of nitrogens with one attached hydrogen (secondary N) is 1. The van der Waals surface area contributed by atoms with E-state index in [1.165, 1.54) is 0 Å². The third-order valence-corrected chi connectivity index (χ3v) is 7.19. The van der Waals surface area contributed by atoms with Crippen LogP contribution in [-0.2, 0) is 10.3 Å². The van der Waals surface area contributed by atoms with Crippen LogP contribution in [0.15, 0.2) is 66.9 Å². The molecule has 5 aromatic rings. The van der Waals surface area contributed by atoms with Gasteiger partial charge in [0, 0.05) is 30.0 Å². The lowest BCUT2D eigenvalue weighted by atomic mass is 9.62. The molecule has 1 saturated carbocycles. The van der Waals surface area contributed by atoms with E-state index in [0.29, 0.717) is 35.3 Å². The number of carbonyl (C=O) groups excluding carboxylic acids is 1. The zero-order valence-corrected chi connectivity index (χ0v) is 23.3. The summed E-state index contributed by atoms with van der Waals surface area (Å²) < 4.78 is 7.24. The third-order valence-electron chi connectivity index (χ3n) is 7.19. The van der Waals surface area contributed by atoms with E-state index in [0.717, 1.165) is 28.1 Å². The first-order valence-corrected chi connectivity index (χ1v) is 13.4. The maximum absolute atomic E-state index is 12.7. The molecular weight excluding hydrogens is 504 g/mol. The highest BCUT2D eigenvalue weighted by Crippen LogP contribution is 2.48. The highest BCUT2D eigenvalue weighted by atomic mass is 16.6. The molecule has 0 spiro atoms. The number of aromatic nitrogens is 5. The highest BCUT2D eigenvalue weighted by Gasteiger charge is 2.53. The Hall–Kier alpha value is -4.37. The van der Waals surface area contributed by atoms with Gasteiger partial charge in [0.05, 0.1) is 34.4 Å². The standard InChI is InChI=1S/C31H32N6O3/c1-19-24-27(37-23(33-19)15-16-32-37)35-26(25(34-24)20-9-7-6-8-10-20)21-11-13-22(14-12-21)31(17-30(5,39)18-31)36-28(38)40-29(2,3)4/h6-16,39H,17-18H2,1-5H3,(H,36,38). The van der Waals surface area contributed by atoms with Crippen LogP contribution in [-0.4, -0.2) is 47.0 Å². The van der Waals surface area contributed by atoms with Crippen LogP contribution in [0.5, 0.6) is 0 Å². The van der Waals surface area contributed by atoms with Gasteiger partial charge in [0.15, 0.2) is 11.3 Å². The van der Waals surface area contributed by atoms with Crippen LogP contribution in [0.2, 0.25) is 0 Å². The number of aryl methyl sites for hydroxylation is 1. The van der Waals surface area contributed by atoms with Gasteiger partial charge >= 0.3 is 6.09 Å². The molecule has 1 amide bonds. The molecule has 204 valence electrons. The molecule has 2 aromatic carbocycles. The average molecular weight is 537 g/mol. The number of hydrogen-bond acceptors (Lipinski definition) is 7.